The smallest absolute Gasteiger partial charge is 0.251 e. The van der Waals surface area contributed by atoms with E-state index < -0.39 is 0 Å². The van der Waals surface area contributed by atoms with E-state index in [1.807, 2.05) is 6.07 Å². The summed E-state index contributed by atoms with van der Waals surface area (Å²) in [6.45, 7) is 0.698. The molecule has 0 aliphatic heterocycles. The van der Waals surface area contributed by atoms with Gasteiger partial charge in [0, 0.05) is 24.5 Å². The predicted octanol–water partition coefficient (Wildman–Crippen LogP) is 3.25. The number of hydrogen-bond donors (Lipinski definition) is 1. The van der Waals surface area contributed by atoms with Crippen LogP contribution in [0.4, 0.5) is 0 Å². The summed E-state index contributed by atoms with van der Waals surface area (Å²) in [5, 5.41) is 2.98. The number of allylic oxidation sites excluding steroid dienone is 1. The lowest BCUT2D eigenvalue weighted by Gasteiger charge is -2.13. The summed E-state index contributed by atoms with van der Waals surface area (Å²) >= 11 is 0. The molecule has 0 atom stereocenters. The molecule has 0 radical (unpaired) electrons. The predicted molar refractivity (Wildman–Crippen MR) is 83.0 cm³/mol. The summed E-state index contributed by atoms with van der Waals surface area (Å²) in [6.07, 6.45) is 11.5. The lowest BCUT2D eigenvalue weighted by atomic mass is 9.97. The fraction of sp³-hybridized carbons (Fsp3) is 0.353. The van der Waals surface area contributed by atoms with Gasteiger partial charge in [-0.05, 0) is 50.3 Å². The molecular weight excluding hydrogens is 262 g/mol. The maximum Gasteiger partial charge on any atom is 0.251 e. The van der Waals surface area contributed by atoms with E-state index in [1.165, 1.54) is 31.3 Å². The van der Waals surface area contributed by atoms with Crippen LogP contribution in [0.2, 0.25) is 0 Å². The van der Waals surface area contributed by atoms with E-state index in [0.717, 1.165) is 17.5 Å². The van der Waals surface area contributed by atoms with Crippen molar-refractivity contribution in [3.05, 3.63) is 47.8 Å². The number of rotatable bonds is 4. The van der Waals surface area contributed by atoms with E-state index in [4.69, 9.17) is 0 Å². The molecule has 1 amide bonds. The van der Waals surface area contributed by atoms with E-state index >= 15 is 0 Å². The van der Waals surface area contributed by atoms with E-state index in [2.05, 4.69) is 21.4 Å². The minimum Gasteiger partial charge on any atom is -0.352 e. The molecule has 1 N–H and O–H groups in total. The highest BCUT2D eigenvalue weighted by Crippen LogP contribution is 2.19. The third kappa shape index (κ3) is 3.45. The molecule has 1 aromatic heterocycles. The van der Waals surface area contributed by atoms with Crippen molar-refractivity contribution in [2.75, 3.05) is 6.54 Å². The Kier molecular flexibility index (Phi) is 4.24. The SMILES string of the molecule is O=C(NCCC1=CCCCC1)c1ccc2nccnc2c1. The first-order chi connectivity index (χ1) is 10.3. The third-order valence-corrected chi connectivity index (χ3v) is 3.85. The van der Waals surface area contributed by atoms with Crippen molar-refractivity contribution in [3.63, 3.8) is 0 Å². The third-order valence-electron chi connectivity index (χ3n) is 3.85. The number of fused-ring (bicyclic) bond motifs is 1. The Morgan fingerprint density at radius 1 is 1.14 bits per heavy atom. The molecule has 0 unspecified atom stereocenters. The van der Waals surface area contributed by atoms with Crippen LogP contribution in [0.3, 0.4) is 0 Å². The summed E-state index contributed by atoms with van der Waals surface area (Å²) in [4.78, 5) is 20.6. The molecule has 108 valence electrons. The van der Waals surface area contributed by atoms with Gasteiger partial charge in [0.1, 0.15) is 0 Å². The van der Waals surface area contributed by atoms with Crippen molar-refractivity contribution in [2.24, 2.45) is 0 Å². The van der Waals surface area contributed by atoms with Crippen molar-refractivity contribution in [1.82, 2.24) is 15.3 Å². The van der Waals surface area contributed by atoms with Crippen molar-refractivity contribution in [1.29, 1.82) is 0 Å². The lowest BCUT2D eigenvalue weighted by Crippen LogP contribution is -2.24. The van der Waals surface area contributed by atoms with Crippen LogP contribution in [0.1, 0.15) is 42.5 Å². The zero-order valence-electron chi connectivity index (χ0n) is 12.0. The van der Waals surface area contributed by atoms with Crippen LogP contribution in [-0.4, -0.2) is 22.4 Å². The van der Waals surface area contributed by atoms with Crippen molar-refractivity contribution < 1.29 is 4.79 Å². The second-order valence-corrected chi connectivity index (χ2v) is 5.37. The molecular formula is C17H19N3O. The second kappa shape index (κ2) is 6.48. The first-order valence-corrected chi connectivity index (χ1v) is 7.50. The summed E-state index contributed by atoms with van der Waals surface area (Å²) in [5.41, 5.74) is 3.67. The van der Waals surface area contributed by atoms with Gasteiger partial charge in [-0.25, -0.2) is 0 Å². The maximum absolute atomic E-state index is 12.2. The van der Waals surface area contributed by atoms with E-state index in [9.17, 15) is 4.79 Å². The number of carbonyl (C=O) groups excluding carboxylic acids is 1. The molecule has 1 heterocycles. The monoisotopic (exact) mass is 281 g/mol. The molecule has 0 saturated carbocycles. The molecule has 4 nitrogen and oxygen atoms in total. The van der Waals surface area contributed by atoms with Crippen LogP contribution in [0.5, 0.6) is 0 Å². The standard InChI is InChI=1S/C17H19N3O/c21-17(20-9-8-13-4-2-1-3-5-13)14-6-7-15-16(12-14)19-11-10-18-15/h4,6-7,10-12H,1-3,5,8-9H2,(H,20,21). The molecule has 1 aliphatic rings. The fourth-order valence-corrected chi connectivity index (χ4v) is 2.67. The number of amides is 1. The van der Waals surface area contributed by atoms with Gasteiger partial charge in [0.15, 0.2) is 0 Å². The van der Waals surface area contributed by atoms with Crippen LogP contribution in [0.25, 0.3) is 11.0 Å². The van der Waals surface area contributed by atoms with E-state index in [-0.39, 0.29) is 5.91 Å². The Bertz CT molecular complexity index is 679. The van der Waals surface area contributed by atoms with Gasteiger partial charge in [-0.1, -0.05) is 11.6 Å². The van der Waals surface area contributed by atoms with Gasteiger partial charge < -0.3 is 5.32 Å². The molecule has 0 fully saturated rings. The second-order valence-electron chi connectivity index (χ2n) is 5.37. The molecule has 1 aliphatic carbocycles. The number of hydrogen-bond acceptors (Lipinski definition) is 3. The highest BCUT2D eigenvalue weighted by atomic mass is 16.1. The first kappa shape index (κ1) is 13.7. The molecule has 3 rings (SSSR count). The summed E-state index contributed by atoms with van der Waals surface area (Å²) in [5.74, 6) is -0.0426. The number of carbonyl (C=O) groups is 1. The Balaban J connectivity index is 1.60. The maximum atomic E-state index is 12.2. The highest BCUT2D eigenvalue weighted by Gasteiger charge is 2.08. The minimum atomic E-state index is -0.0426. The van der Waals surface area contributed by atoms with Crippen molar-refractivity contribution in [3.8, 4) is 0 Å². The van der Waals surface area contributed by atoms with Gasteiger partial charge in [0.25, 0.3) is 5.91 Å². The van der Waals surface area contributed by atoms with Gasteiger partial charge in [0.05, 0.1) is 11.0 Å². The average Bonchev–Trinajstić information content (AvgIpc) is 2.55. The summed E-state index contributed by atoms with van der Waals surface area (Å²) in [6, 6.07) is 5.42. The Morgan fingerprint density at radius 2 is 2.00 bits per heavy atom. The van der Waals surface area contributed by atoms with Gasteiger partial charge in [-0.2, -0.15) is 0 Å². The highest BCUT2D eigenvalue weighted by molar-refractivity contribution is 5.97. The summed E-state index contributed by atoms with van der Waals surface area (Å²) in [7, 11) is 0. The molecule has 2 aromatic rings. The van der Waals surface area contributed by atoms with Gasteiger partial charge in [-0.3, -0.25) is 14.8 Å². The summed E-state index contributed by atoms with van der Waals surface area (Å²) < 4.78 is 0. The first-order valence-electron chi connectivity index (χ1n) is 7.50. The molecule has 21 heavy (non-hydrogen) atoms. The normalized spacial score (nSPS) is 14.8. The fourth-order valence-electron chi connectivity index (χ4n) is 2.67. The molecule has 4 heteroatoms. The van der Waals surface area contributed by atoms with E-state index in [0.29, 0.717) is 12.1 Å². The quantitative estimate of drug-likeness (QED) is 0.875. The van der Waals surface area contributed by atoms with Crippen LogP contribution in [0, 0.1) is 0 Å². The zero-order chi connectivity index (χ0) is 14.5. The van der Waals surface area contributed by atoms with E-state index in [1.54, 1.807) is 24.5 Å². The van der Waals surface area contributed by atoms with Crippen LogP contribution in [-0.2, 0) is 0 Å². The van der Waals surface area contributed by atoms with Crippen molar-refractivity contribution >= 4 is 16.9 Å². The minimum absolute atomic E-state index is 0.0426. The molecule has 0 spiro atoms. The Labute approximate surface area is 124 Å². The van der Waals surface area contributed by atoms with Crippen molar-refractivity contribution in [2.45, 2.75) is 32.1 Å². The van der Waals surface area contributed by atoms with Crippen LogP contribution in [0.15, 0.2) is 42.2 Å². The number of aromatic nitrogens is 2. The average molecular weight is 281 g/mol. The Hall–Kier alpha value is -2.23. The molecule has 0 saturated heterocycles. The lowest BCUT2D eigenvalue weighted by molar-refractivity contribution is 0.0954. The zero-order valence-corrected chi connectivity index (χ0v) is 12.0. The van der Waals surface area contributed by atoms with Gasteiger partial charge in [-0.15, -0.1) is 0 Å². The van der Waals surface area contributed by atoms with Crippen LogP contribution < -0.4 is 5.32 Å². The van der Waals surface area contributed by atoms with Gasteiger partial charge >= 0.3 is 0 Å². The molecule has 1 aromatic carbocycles. The van der Waals surface area contributed by atoms with Crippen LogP contribution >= 0.6 is 0 Å². The van der Waals surface area contributed by atoms with Gasteiger partial charge in [0.2, 0.25) is 0 Å². The molecule has 0 bridgehead atoms. The largest absolute Gasteiger partial charge is 0.352 e. The number of nitrogens with one attached hydrogen (secondary N) is 1. The Morgan fingerprint density at radius 3 is 2.81 bits per heavy atom. The number of nitrogens with zero attached hydrogens (tertiary/aromatic N) is 2. The topological polar surface area (TPSA) is 54.9 Å². The number of benzene rings is 1.